The molecule has 0 amide bonds. The molecule has 1 saturated carbocycles. The van der Waals surface area contributed by atoms with Crippen molar-refractivity contribution in [2.75, 3.05) is 5.32 Å². The Bertz CT molecular complexity index is 452. The number of pyridine rings is 1. The molecule has 0 spiro atoms. The van der Waals surface area contributed by atoms with Crippen LogP contribution in [0.25, 0.3) is 0 Å². The summed E-state index contributed by atoms with van der Waals surface area (Å²) in [5.41, 5.74) is 9.22. The molecule has 1 heterocycles. The van der Waals surface area contributed by atoms with Gasteiger partial charge in [-0.1, -0.05) is 12.2 Å². The van der Waals surface area contributed by atoms with Crippen LogP contribution in [0, 0.1) is 0 Å². The quantitative estimate of drug-likeness (QED) is 0.781. The maximum atomic E-state index is 5.76. The number of anilines is 1. The first-order valence-corrected chi connectivity index (χ1v) is 6.24. The topological polar surface area (TPSA) is 50.9 Å². The van der Waals surface area contributed by atoms with E-state index in [9.17, 15) is 0 Å². The first kappa shape index (κ1) is 10.0. The van der Waals surface area contributed by atoms with Crippen LogP contribution < -0.4 is 11.1 Å². The predicted octanol–water partition coefficient (Wildman–Crippen LogP) is 1.78. The summed E-state index contributed by atoms with van der Waals surface area (Å²) in [5.74, 6) is 0.899. The standard InChI is InChI=1S/C12H15N3S/c13-11(16)9-6-7-2-1-3-10(7)15-12(9)14-8-4-5-8/h6,8H,1-5H2,(H2,13,16)(H,14,15). The van der Waals surface area contributed by atoms with Crippen molar-refractivity contribution in [1.82, 2.24) is 4.98 Å². The second kappa shape index (κ2) is 3.70. The van der Waals surface area contributed by atoms with Gasteiger partial charge in [-0.25, -0.2) is 4.98 Å². The van der Waals surface area contributed by atoms with Gasteiger partial charge in [-0.2, -0.15) is 0 Å². The first-order valence-electron chi connectivity index (χ1n) is 5.83. The van der Waals surface area contributed by atoms with Gasteiger partial charge in [0, 0.05) is 11.7 Å². The summed E-state index contributed by atoms with van der Waals surface area (Å²) in [5, 5.41) is 3.42. The zero-order valence-corrected chi connectivity index (χ0v) is 9.94. The molecule has 3 nitrogen and oxygen atoms in total. The number of hydrogen-bond acceptors (Lipinski definition) is 3. The average Bonchev–Trinajstić information content (AvgIpc) is 2.94. The Morgan fingerprint density at radius 3 is 2.94 bits per heavy atom. The number of nitrogens with zero attached hydrogens (tertiary/aromatic N) is 1. The zero-order chi connectivity index (χ0) is 11.1. The predicted molar refractivity (Wildman–Crippen MR) is 68.8 cm³/mol. The Labute approximate surface area is 100 Å². The highest BCUT2D eigenvalue weighted by atomic mass is 32.1. The molecule has 0 bridgehead atoms. The van der Waals surface area contributed by atoms with Crippen molar-refractivity contribution in [3.05, 3.63) is 22.9 Å². The Morgan fingerprint density at radius 1 is 1.44 bits per heavy atom. The molecule has 0 aromatic carbocycles. The summed E-state index contributed by atoms with van der Waals surface area (Å²) in [6, 6.07) is 2.71. The summed E-state index contributed by atoms with van der Waals surface area (Å²) < 4.78 is 0. The lowest BCUT2D eigenvalue weighted by molar-refractivity contribution is 0.899. The largest absolute Gasteiger partial charge is 0.389 e. The number of aromatic nitrogens is 1. The fourth-order valence-electron chi connectivity index (χ4n) is 2.19. The SMILES string of the molecule is NC(=S)c1cc2c(nc1NC1CC1)CCC2. The first-order chi connectivity index (χ1) is 7.74. The van der Waals surface area contributed by atoms with Crippen molar-refractivity contribution in [1.29, 1.82) is 0 Å². The number of aryl methyl sites for hydroxylation is 2. The molecule has 1 aromatic heterocycles. The van der Waals surface area contributed by atoms with Crippen LogP contribution in [0.5, 0.6) is 0 Å². The Balaban J connectivity index is 2.01. The molecule has 0 aliphatic heterocycles. The van der Waals surface area contributed by atoms with Gasteiger partial charge >= 0.3 is 0 Å². The smallest absolute Gasteiger partial charge is 0.136 e. The van der Waals surface area contributed by atoms with Gasteiger partial charge in [0.05, 0.1) is 5.56 Å². The van der Waals surface area contributed by atoms with Gasteiger partial charge in [0.25, 0.3) is 0 Å². The lowest BCUT2D eigenvalue weighted by Gasteiger charge is -2.11. The molecule has 16 heavy (non-hydrogen) atoms. The normalized spacial score (nSPS) is 18.2. The van der Waals surface area contributed by atoms with Crippen molar-refractivity contribution in [3.63, 3.8) is 0 Å². The van der Waals surface area contributed by atoms with Crippen LogP contribution in [-0.4, -0.2) is 16.0 Å². The third-order valence-electron chi connectivity index (χ3n) is 3.23. The molecule has 3 rings (SSSR count). The van der Waals surface area contributed by atoms with Gasteiger partial charge in [0.1, 0.15) is 10.8 Å². The van der Waals surface area contributed by atoms with Crippen molar-refractivity contribution in [2.45, 2.75) is 38.1 Å². The Kier molecular flexibility index (Phi) is 2.32. The van der Waals surface area contributed by atoms with E-state index < -0.39 is 0 Å². The van der Waals surface area contributed by atoms with Gasteiger partial charge in [-0.3, -0.25) is 0 Å². The van der Waals surface area contributed by atoms with Crippen LogP contribution in [0.3, 0.4) is 0 Å². The summed E-state index contributed by atoms with van der Waals surface area (Å²) in [6.45, 7) is 0. The Hall–Kier alpha value is -1.16. The third kappa shape index (κ3) is 1.78. The zero-order valence-electron chi connectivity index (χ0n) is 9.12. The molecular formula is C12H15N3S. The second-order valence-corrected chi connectivity index (χ2v) is 5.07. The molecule has 0 atom stereocenters. The van der Waals surface area contributed by atoms with E-state index in [4.69, 9.17) is 18.0 Å². The van der Waals surface area contributed by atoms with Crippen LogP contribution in [0.2, 0.25) is 0 Å². The molecule has 1 aromatic rings. The minimum absolute atomic E-state index is 0.449. The van der Waals surface area contributed by atoms with E-state index in [2.05, 4.69) is 16.4 Å². The number of thiocarbonyl (C=S) groups is 1. The second-order valence-electron chi connectivity index (χ2n) is 4.63. The minimum Gasteiger partial charge on any atom is -0.389 e. The van der Waals surface area contributed by atoms with E-state index in [1.165, 1.54) is 30.5 Å². The van der Waals surface area contributed by atoms with Crippen molar-refractivity contribution < 1.29 is 0 Å². The molecule has 84 valence electrons. The number of hydrogen-bond donors (Lipinski definition) is 2. The van der Waals surface area contributed by atoms with Crippen LogP contribution in [-0.2, 0) is 12.8 Å². The van der Waals surface area contributed by atoms with E-state index in [-0.39, 0.29) is 0 Å². The molecule has 1 fully saturated rings. The lowest BCUT2D eigenvalue weighted by atomic mass is 10.1. The van der Waals surface area contributed by atoms with E-state index in [1.807, 2.05) is 0 Å². The molecule has 2 aliphatic rings. The van der Waals surface area contributed by atoms with Gasteiger partial charge in [-0.15, -0.1) is 0 Å². The molecule has 2 aliphatic carbocycles. The molecule has 0 saturated heterocycles. The summed E-state index contributed by atoms with van der Waals surface area (Å²) in [7, 11) is 0. The van der Waals surface area contributed by atoms with Crippen LogP contribution in [0.4, 0.5) is 5.82 Å². The summed E-state index contributed by atoms with van der Waals surface area (Å²) >= 11 is 5.09. The number of rotatable bonds is 3. The van der Waals surface area contributed by atoms with Crippen LogP contribution in [0.15, 0.2) is 6.07 Å². The van der Waals surface area contributed by atoms with Crippen LogP contribution >= 0.6 is 12.2 Å². The van der Waals surface area contributed by atoms with E-state index >= 15 is 0 Å². The average molecular weight is 233 g/mol. The molecule has 3 N–H and O–H groups in total. The van der Waals surface area contributed by atoms with Crippen LogP contribution in [0.1, 0.15) is 36.1 Å². The third-order valence-corrected chi connectivity index (χ3v) is 3.45. The Morgan fingerprint density at radius 2 is 2.25 bits per heavy atom. The lowest BCUT2D eigenvalue weighted by Crippen LogP contribution is -2.16. The molecule has 0 unspecified atom stereocenters. The van der Waals surface area contributed by atoms with Gasteiger partial charge in [0.15, 0.2) is 0 Å². The van der Waals surface area contributed by atoms with E-state index in [0.29, 0.717) is 11.0 Å². The highest BCUT2D eigenvalue weighted by Crippen LogP contribution is 2.29. The van der Waals surface area contributed by atoms with Crippen molar-refractivity contribution in [2.24, 2.45) is 5.73 Å². The summed E-state index contributed by atoms with van der Waals surface area (Å²) in [4.78, 5) is 5.13. The molecule has 0 radical (unpaired) electrons. The van der Waals surface area contributed by atoms with Crippen molar-refractivity contribution >= 4 is 23.0 Å². The van der Waals surface area contributed by atoms with Crippen molar-refractivity contribution in [3.8, 4) is 0 Å². The number of fused-ring (bicyclic) bond motifs is 1. The monoisotopic (exact) mass is 233 g/mol. The molecular weight excluding hydrogens is 218 g/mol. The van der Waals surface area contributed by atoms with Gasteiger partial charge < -0.3 is 11.1 Å². The number of nitrogens with one attached hydrogen (secondary N) is 1. The fraction of sp³-hybridized carbons (Fsp3) is 0.500. The molecule has 4 heteroatoms. The van der Waals surface area contributed by atoms with E-state index in [1.54, 1.807) is 0 Å². The highest BCUT2D eigenvalue weighted by Gasteiger charge is 2.24. The van der Waals surface area contributed by atoms with Gasteiger partial charge in [-0.05, 0) is 43.7 Å². The number of nitrogens with two attached hydrogens (primary N) is 1. The minimum atomic E-state index is 0.449. The fourth-order valence-corrected chi connectivity index (χ4v) is 2.35. The summed E-state index contributed by atoms with van der Waals surface area (Å²) in [6.07, 6.45) is 5.87. The maximum Gasteiger partial charge on any atom is 0.136 e. The maximum absolute atomic E-state index is 5.76. The van der Waals surface area contributed by atoms with Gasteiger partial charge in [0.2, 0.25) is 0 Å². The highest BCUT2D eigenvalue weighted by molar-refractivity contribution is 7.80. The van der Waals surface area contributed by atoms with E-state index in [0.717, 1.165) is 24.2 Å².